The molecule has 5 nitrogen and oxygen atoms in total. The van der Waals surface area contributed by atoms with Crippen LogP contribution in [0.3, 0.4) is 0 Å². The fourth-order valence-electron chi connectivity index (χ4n) is 2.72. The zero-order valence-electron chi connectivity index (χ0n) is 11.6. The van der Waals surface area contributed by atoms with E-state index < -0.39 is 0 Å². The van der Waals surface area contributed by atoms with Gasteiger partial charge in [-0.05, 0) is 38.1 Å². The Morgan fingerprint density at radius 3 is 2.75 bits per heavy atom. The lowest BCUT2D eigenvalue weighted by Gasteiger charge is -2.19. The first kappa shape index (κ1) is 13.2. The summed E-state index contributed by atoms with van der Waals surface area (Å²) in [6.07, 6.45) is 4.92. The second-order valence-electron chi connectivity index (χ2n) is 5.28. The Hall–Kier alpha value is -1.75. The van der Waals surface area contributed by atoms with Gasteiger partial charge in [-0.3, -0.25) is 9.69 Å². The molecule has 0 bridgehead atoms. The fraction of sp³-hybridized carbons (Fsp3) is 0.533. The van der Waals surface area contributed by atoms with Crippen LogP contribution >= 0.6 is 0 Å². The van der Waals surface area contributed by atoms with Crippen molar-refractivity contribution in [3.8, 4) is 11.5 Å². The van der Waals surface area contributed by atoms with Gasteiger partial charge in [-0.2, -0.15) is 0 Å². The average Bonchev–Trinajstić information content (AvgIpc) is 2.78. The van der Waals surface area contributed by atoms with E-state index in [1.165, 1.54) is 25.7 Å². The summed E-state index contributed by atoms with van der Waals surface area (Å²) in [5.41, 5.74) is 0.694. The molecule has 1 amide bonds. The summed E-state index contributed by atoms with van der Waals surface area (Å²) in [5.74, 6) is 1.34. The number of carbonyl (C=O) groups excluding carboxylic acids is 1. The van der Waals surface area contributed by atoms with E-state index in [9.17, 15) is 4.79 Å². The Morgan fingerprint density at radius 2 is 1.95 bits per heavy atom. The van der Waals surface area contributed by atoms with E-state index in [0.717, 1.165) is 13.1 Å². The Bertz CT molecular complexity index is 482. The molecule has 0 spiro atoms. The number of amides is 1. The van der Waals surface area contributed by atoms with Crippen LogP contribution in [0.5, 0.6) is 11.5 Å². The number of likely N-dealkylation sites (tertiary alicyclic amines) is 1. The van der Waals surface area contributed by atoms with Crippen LogP contribution in [-0.2, 0) is 4.79 Å². The lowest BCUT2D eigenvalue weighted by atomic mass is 10.2. The van der Waals surface area contributed by atoms with Crippen molar-refractivity contribution >= 4 is 11.6 Å². The summed E-state index contributed by atoms with van der Waals surface area (Å²) in [5, 5.41) is 2.92. The highest BCUT2D eigenvalue weighted by atomic mass is 16.7. The van der Waals surface area contributed by atoms with E-state index in [1.807, 2.05) is 18.2 Å². The topological polar surface area (TPSA) is 50.8 Å². The number of nitrogens with one attached hydrogen (secondary N) is 1. The molecule has 0 saturated carbocycles. The van der Waals surface area contributed by atoms with Gasteiger partial charge in [-0.25, -0.2) is 0 Å². The van der Waals surface area contributed by atoms with Crippen LogP contribution in [0.25, 0.3) is 0 Å². The van der Waals surface area contributed by atoms with Crippen molar-refractivity contribution in [2.45, 2.75) is 25.7 Å². The van der Waals surface area contributed by atoms with E-state index in [4.69, 9.17) is 9.47 Å². The highest BCUT2D eigenvalue weighted by Crippen LogP contribution is 2.38. The number of benzene rings is 1. The third-order valence-electron chi connectivity index (χ3n) is 3.74. The number of rotatable bonds is 3. The summed E-state index contributed by atoms with van der Waals surface area (Å²) in [4.78, 5) is 14.4. The lowest BCUT2D eigenvalue weighted by Crippen LogP contribution is -2.33. The molecule has 3 rings (SSSR count). The highest BCUT2D eigenvalue weighted by molar-refractivity contribution is 5.94. The predicted molar refractivity (Wildman–Crippen MR) is 76.1 cm³/mol. The monoisotopic (exact) mass is 276 g/mol. The molecule has 0 atom stereocenters. The number of nitrogens with zero attached hydrogens (tertiary/aromatic N) is 1. The Morgan fingerprint density at radius 1 is 1.15 bits per heavy atom. The maximum absolute atomic E-state index is 12.1. The molecule has 1 fully saturated rings. The molecule has 2 heterocycles. The average molecular weight is 276 g/mol. The fourth-order valence-corrected chi connectivity index (χ4v) is 2.72. The van der Waals surface area contributed by atoms with Crippen molar-refractivity contribution in [1.82, 2.24) is 4.90 Å². The van der Waals surface area contributed by atoms with Crippen molar-refractivity contribution in [3.05, 3.63) is 18.2 Å². The molecule has 1 saturated heterocycles. The summed E-state index contributed by atoms with van der Waals surface area (Å²) < 4.78 is 10.7. The van der Waals surface area contributed by atoms with Crippen LogP contribution < -0.4 is 14.8 Å². The molecule has 2 aliphatic heterocycles. The van der Waals surface area contributed by atoms with E-state index in [-0.39, 0.29) is 12.7 Å². The number of hydrogen-bond donors (Lipinski definition) is 1. The number of hydrogen-bond acceptors (Lipinski definition) is 4. The summed E-state index contributed by atoms with van der Waals surface area (Å²) in [6.45, 7) is 2.69. The molecule has 108 valence electrons. The molecule has 2 aliphatic rings. The minimum atomic E-state index is 0.0100. The third kappa shape index (κ3) is 3.04. The number of para-hydroxylation sites is 1. The van der Waals surface area contributed by atoms with Gasteiger partial charge in [0.1, 0.15) is 0 Å². The van der Waals surface area contributed by atoms with Crippen molar-refractivity contribution in [3.63, 3.8) is 0 Å². The molecule has 20 heavy (non-hydrogen) atoms. The van der Waals surface area contributed by atoms with E-state index in [0.29, 0.717) is 23.7 Å². The molecule has 0 aliphatic carbocycles. The molecule has 1 aromatic rings. The molecule has 5 heteroatoms. The molecule has 1 aromatic carbocycles. The molecular formula is C15H20N2O3. The predicted octanol–water partition coefficient (Wildman–Crippen LogP) is 2.23. The van der Waals surface area contributed by atoms with Crippen molar-refractivity contribution in [2.24, 2.45) is 0 Å². The molecule has 1 N–H and O–H groups in total. The SMILES string of the molecule is O=C(CN1CCCCCC1)Nc1cccc2c1OCO2. The standard InChI is InChI=1S/C15H20N2O3/c18-14(10-17-8-3-1-2-4-9-17)16-12-6-5-7-13-15(12)20-11-19-13/h5-7H,1-4,8-11H2,(H,16,18). The summed E-state index contributed by atoms with van der Waals surface area (Å²) in [6, 6.07) is 5.54. The van der Waals surface area contributed by atoms with Gasteiger partial charge in [-0.1, -0.05) is 18.9 Å². The lowest BCUT2D eigenvalue weighted by molar-refractivity contribution is -0.117. The van der Waals surface area contributed by atoms with Gasteiger partial charge in [0.25, 0.3) is 0 Å². The van der Waals surface area contributed by atoms with Gasteiger partial charge in [0, 0.05) is 0 Å². The van der Waals surface area contributed by atoms with Crippen molar-refractivity contribution < 1.29 is 14.3 Å². The zero-order valence-corrected chi connectivity index (χ0v) is 11.6. The molecule has 0 aromatic heterocycles. The summed E-state index contributed by atoms with van der Waals surface area (Å²) >= 11 is 0. The normalized spacial score (nSPS) is 18.6. The first-order valence-corrected chi connectivity index (χ1v) is 7.24. The maximum Gasteiger partial charge on any atom is 0.238 e. The smallest absolute Gasteiger partial charge is 0.238 e. The zero-order chi connectivity index (χ0) is 13.8. The molecule has 0 unspecified atom stereocenters. The quantitative estimate of drug-likeness (QED) is 0.919. The Labute approximate surface area is 118 Å². The highest BCUT2D eigenvalue weighted by Gasteiger charge is 2.19. The number of ether oxygens (including phenoxy) is 2. The second-order valence-corrected chi connectivity index (χ2v) is 5.28. The van der Waals surface area contributed by atoms with Gasteiger partial charge < -0.3 is 14.8 Å². The minimum Gasteiger partial charge on any atom is -0.454 e. The Kier molecular flexibility index (Phi) is 4.06. The minimum absolute atomic E-state index is 0.0100. The van der Waals surface area contributed by atoms with Crippen LogP contribution in [0, 0.1) is 0 Å². The van der Waals surface area contributed by atoms with Crippen LogP contribution in [0.2, 0.25) is 0 Å². The molecular weight excluding hydrogens is 256 g/mol. The van der Waals surface area contributed by atoms with E-state index in [1.54, 1.807) is 0 Å². The largest absolute Gasteiger partial charge is 0.454 e. The van der Waals surface area contributed by atoms with Crippen LogP contribution in [-0.4, -0.2) is 37.2 Å². The van der Waals surface area contributed by atoms with Crippen molar-refractivity contribution in [1.29, 1.82) is 0 Å². The second kappa shape index (κ2) is 6.13. The number of anilines is 1. The number of fused-ring (bicyclic) bond motifs is 1. The van der Waals surface area contributed by atoms with E-state index >= 15 is 0 Å². The number of carbonyl (C=O) groups is 1. The van der Waals surface area contributed by atoms with Crippen molar-refractivity contribution in [2.75, 3.05) is 31.7 Å². The maximum atomic E-state index is 12.1. The Balaban J connectivity index is 1.60. The molecule has 0 radical (unpaired) electrons. The van der Waals surface area contributed by atoms with Gasteiger partial charge >= 0.3 is 0 Å². The third-order valence-corrected chi connectivity index (χ3v) is 3.74. The van der Waals surface area contributed by atoms with Crippen LogP contribution in [0.15, 0.2) is 18.2 Å². The van der Waals surface area contributed by atoms with Crippen LogP contribution in [0.1, 0.15) is 25.7 Å². The first-order chi connectivity index (χ1) is 9.83. The van der Waals surface area contributed by atoms with Gasteiger partial charge in [0.15, 0.2) is 11.5 Å². The van der Waals surface area contributed by atoms with E-state index in [2.05, 4.69) is 10.2 Å². The summed E-state index contributed by atoms with van der Waals surface area (Å²) in [7, 11) is 0. The van der Waals surface area contributed by atoms with Gasteiger partial charge in [-0.15, -0.1) is 0 Å². The first-order valence-electron chi connectivity index (χ1n) is 7.24. The van der Waals surface area contributed by atoms with Crippen LogP contribution in [0.4, 0.5) is 5.69 Å². The van der Waals surface area contributed by atoms with Gasteiger partial charge in [0.05, 0.1) is 12.2 Å². The van der Waals surface area contributed by atoms with Gasteiger partial charge in [0.2, 0.25) is 12.7 Å².